The van der Waals surface area contributed by atoms with Crippen LogP contribution in [0.3, 0.4) is 0 Å². The molecule has 0 aromatic heterocycles. The summed E-state index contributed by atoms with van der Waals surface area (Å²) in [4.78, 5) is 11.9. The summed E-state index contributed by atoms with van der Waals surface area (Å²) in [6.07, 6.45) is 3.37. The molecule has 2 nitrogen and oxygen atoms in total. The van der Waals surface area contributed by atoms with E-state index >= 15 is 0 Å². The molecule has 0 heterocycles. The highest BCUT2D eigenvalue weighted by Crippen LogP contribution is 2.31. The molecule has 36 heavy (non-hydrogen) atoms. The highest BCUT2D eigenvalue weighted by Gasteiger charge is 2.27. The summed E-state index contributed by atoms with van der Waals surface area (Å²) in [5.41, 5.74) is 6.95. The van der Waals surface area contributed by atoms with Crippen molar-refractivity contribution in [2.45, 2.75) is 76.6 Å². The van der Waals surface area contributed by atoms with Crippen LogP contribution >= 0.6 is 11.6 Å². The van der Waals surface area contributed by atoms with Gasteiger partial charge in [0.05, 0.1) is 5.97 Å². The molecule has 3 aromatic carbocycles. The molecular weight excluding hydrogens is 496 g/mol. The predicted octanol–water partition coefficient (Wildman–Crippen LogP) is 8.43. The van der Waals surface area contributed by atoms with Gasteiger partial charge < -0.3 is 9.90 Å². The van der Waals surface area contributed by atoms with Gasteiger partial charge in [-0.25, -0.2) is 0 Å². The molecule has 0 aliphatic heterocycles. The maximum atomic E-state index is 11.9. The van der Waals surface area contributed by atoms with E-state index in [0.29, 0.717) is 0 Å². The summed E-state index contributed by atoms with van der Waals surface area (Å²) >= 11 is 6.04. The van der Waals surface area contributed by atoms with Crippen molar-refractivity contribution in [2.75, 3.05) is 0 Å². The third-order valence-electron chi connectivity index (χ3n) is 6.97. The number of hydrogen-bond acceptors (Lipinski definition) is 2. The zero-order valence-corrected chi connectivity index (χ0v) is 25.4. The number of carbonyl (C=O) groups is 1. The number of rotatable bonds is 11. The van der Waals surface area contributed by atoms with E-state index in [0.717, 1.165) is 29.0 Å². The molecule has 0 aliphatic rings. The van der Waals surface area contributed by atoms with Crippen molar-refractivity contribution < 1.29 is 9.90 Å². The molecule has 0 saturated carbocycles. The van der Waals surface area contributed by atoms with Gasteiger partial charge >= 0.3 is 0 Å². The number of carboxylic acids is 1. The summed E-state index contributed by atoms with van der Waals surface area (Å²) < 4.78 is 0. The molecule has 0 spiro atoms. The van der Waals surface area contributed by atoms with Crippen LogP contribution in [-0.2, 0) is 6.42 Å². The second kappa shape index (κ2) is 11.9. The zero-order valence-electron chi connectivity index (χ0n) is 22.7. The number of carbonyl (C=O) groups excluding carboxylic acids is 1. The number of halogens is 1. The first-order valence-corrected chi connectivity index (χ1v) is 20.5. The van der Waals surface area contributed by atoms with E-state index in [-0.39, 0.29) is 11.5 Å². The van der Waals surface area contributed by atoms with Gasteiger partial charge in [-0.3, -0.25) is 0 Å². The number of hydrogen-bond donors (Lipinski definition) is 0. The highest BCUT2D eigenvalue weighted by atomic mass is 35.5. The fourth-order valence-electron chi connectivity index (χ4n) is 5.52. The SMILES string of the molecule is CC(c1ccc(Cl)cc1)c1ccc(-c2cc(CCCC[Si](C)(C)C[Si](C)(C)C)ccc2C(=O)[O-])cc1. The van der Waals surface area contributed by atoms with E-state index in [9.17, 15) is 9.90 Å². The Morgan fingerprint density at radius 3 is 2.00 bits per heavy atom. The summed E-state index contributed by atoms with van der Waals surface area (Å²) in [6, 6.07) is 23.2. The Hall–Kier alpha value is -2.15. The first-order valence-electron chi connectivity index (χ1n) is 13.0. The summed E-state index contributed by atoms with van der Waals surface area (Å²) in [5.74, 6) is -0.911. The van der Waals surface area contributed by atoms with Crippen molar-refractivity contribution in [3.63, 3.8) is 0 Å². The van der Waals surface area contributed by atoms with Gasteiger partial charge in [0.25, 0.3) is 0 Å². The Morgan fingerprint density at radius 2 is 1.44 bits per heavy atom. The van der Waals surface area contributed by atoms with Gasteiger partial charge in [-0.05, 0) is 52.8 Å². The van der Waals surface area contributed by atoms with Gasteiger partial charge in [-0.15, -0.1) is 0 Å². The molecule has 192 valence electrons. The van der Waals surface area contributed by atoms with Crippen LogP contribution in [0.25, 0.3) is 11.1 Å². The number of carboxylic acid groups (broad SMARTS) is 1. The molecular formula is C31H40ClO2Si2-. The molecule has 0 radical (unpaired) electrons. The van der Waals surface area contributed by atoms with Gasteiger partial charge in [0.2, 0.25) is 0 Å². The van der Waals surface area contributed by atoms with Gasteiger partial charge in [-0.2, -0.15) is 0 Å². The van der Waals surface area contributed by atoms with Crippen LogP contribution in [0.5, 0.6) is 0 Å². The van der Waals surface area contributed by atoms with Crippen molar-refractivity contribution in [1.29, 1.82) is 0 Å². The maximum absolute atomic E-state index is 11.9. The molecule has 0 N–H and O–H groups in total. The molecule has 1 unspecified atom stereocenters. The van der Waals surface area contributed by atoms with Crippen LogP contribution in [0.4, 0.5) is 0 Å². The Bertz CT molecular complexity index is 1160. The minimum absolute atomic E-state index is 0.219. The van der Waals surface area contributed by atoms with E-state index in [2.05, 4.69) is 51.8 Å². The molecule has 1 atom stereocenters. The molecule has 3 rings (SSSR count). The van der Waals surface area contributed by atoms with Crippen molar-refractivity contribution >= 4 is 33.7 Å². The average molecular weight is 536 g/mol. The van der Waals surface area contributed by atoms with Crippen LogP contribution in [0, 0.1) is 0 Å². The molecule has 0 aliphatic carbocycles. The molecule has 0 fully saturated rings. The van der Waals surface area contributed by atoms with Gasteiger partial charge in [0.1, 0.15) is 0 Å². The lowest BCUT2D eigenvalue weighted by Gasteiger charge is -2.29. The van der Waals surface area contributed by atoms with Crippen LogP contribution in [-0.4, -0.2) is 22.1 Å². The lowest BCUT2D eigenvalue weighted by Crippen LogP contribution is -2.37. The quantitative estimate of drug-likeness (QED) is 0.182. The number of unbranched alkanes of at least 4 members (excludes halogenated alkanes) is 1. The van der Waals surface area contributed by atoms with Crippen LogP contribution in [0.15, 0.2) is 66.7 Å². The lowest BCUT2D eigenvalue weighted by molar-refractivity contribution is -0.254. The topological polar surface area (TPSA) is 40.1 Å². The standard InChI is InChI=1S/C31H41ClO2Si2/c1-23(26-15-17-28(32)18-16-26)25-11-13-27(14-12-25)30-21-24(10-19-29(30)31(33)34)9-7-8-20-36(5,6)22-35(2,3)4/h10-19,21,23H,7-9,20,22H2,1-6H3,(H,33,34)/p-1. The lowest BCUT2D eigenvalue weighted by atomic mass is 9.90. The van der Waals surface area contributed by atoms with Crippen molar-refractivity contribution in [2.24, 2.45) is 0 Å². The first kappa shape index (κ1) is 28.4. The Morgan fingerprint density at radius 1 is 0.861 bits per heavy atom. The summed E-state index contributed by atoms with van der Waals surface area (Å²) in [5, 5.41) is 12.6. The maximum Gasteiger partial charge on any atom is 0.0721 e. The normalized spacial score (nSPS) is 13.0. The fourth-order valence-corrected chi connectivity index (χ4v) is 19.0. The van der Waals surface area contributed by atoms with E-state index in [1.165, 1.54) is 34.8 Å². The Balaban J connectivity index is 1.72. The fraction of sp³-hybridized carbons (Fsp3) is 0.387. The minimum Gasteiger partial charge on any atom is -0.545 e. The summed E-state index contributed by atoms with van der Waals surface area (Å²) in [6.45, 7) is 14.7. The van der Waals surface area contributed by atoms with Gasteiger partial charge in [0.15, 0.2) is 0 Å². The van der Waals surface area contributed by atoms with Gasteiger partial charge in [0, 0.05) is 32.7 Å². The van der Waals surface area contributed by atoms with Crippen LogP contribution < -0.4 is 5.11 Å². The molecule has 0 saturated heterocycles. The zero-order chi connectivity index (χ0) is 26.5. The summed E-state index contributed by atoms with van der Waals surface area (Å²) in [7, 11) is -2.15. The van der Waals surface area contributed by atoms with E-state index in [1.807, 2.05) is 48.5 Å². The van der Waals surface area contributed by atoms with Crippen molar-refractivity contribution in [1.82, 2.24) is 0 Å². The largest absolute Gasteiger partial charge is 0.545 e. The minimum atomic E-state index is -1.14. The number of aromatic carboxylic acids is 1. The highest BCUT2D eigenvalue weighted by molar-refractivity contribution is 6.94. The first-order chi connectivity index (χ1) is 16.8. The number of aryl methyl sites for hydroxylation is 1. The second-order valence-corrected chi connectivity index (χ2v) is 24.0. The third-order valence-corrected chi connectivity index (χ3v) is 17.0. The average Bonchev–Trinajstić information content (AvgIpc) is 2.80. The predicted molar refractivity (Wildman–Crippen MR) is 159 cm³/mol. The molecule has 3 aromatic rings. The third kappa shape index (κ3) is 8.19. The smallest absolute Gasteiger partial charge is 0.0721 e. The Kier molecular flexibility index (Phi) is 9.42. The van der Waals surface area contributed by atoms with E-state index < -0.39 is 22.1 Å². The molecule has 0 bridgehead atoms. The Labute approximate surface area is 224 Å². The van der Waals surface area contributed by atoms with Gasteiger partial charge in [-0.1, -0.05) is 124 Å². The van der Waals surface area contributed by atoms with Crippen molar-refractivity contribution in [3.05, 3.63) is 94.0 Å². The number of benzene rings is 3. The van der Waals surface area contributed by atoms with Crippen LogP contribution in [0.1, 0.15) is 52.7 Å². The van der Waals surface area contributed by atoms with E-state index in [4.69, 9.17) is 11.6 Å². The molecule has 0 amide bonds. The van der Waals surface area contributed by atoms with Crippen LogP contribution in [0.2, 0.25) is 49.5 Å². The van der Waals surface area contributed by atoms with Crippen molar-refractivity contribution in [3.8, 4) is 11.1 Å². The molecule has 5 heteroatoms. The monoisotopic (exact) mass is 535 g/mol. The second-order valence-electron chi connectivity index (χ2n) is 12.2. The van der Waals surface area contributed by atoms with E-state index in [1.54, 1.807) is 6.07 Å².